The third-order valence-electron chi connectivity index (χ3n) is 4.72. The summed E-state index contributed by atoms with van der Waals surface area (Å²) >= 11 is 6.47. The first kappa shape index (κ1) is 19.3. The molecule has 1 aliphatic heterocycles. The maximum Gasteiger partial charge on any atom is 0.416 e. The fraction of sp³-hybridized carbons (Fsp3) is 0.474. The lowest BCUT2D eigenvalue weighted by Gasteiger charge is -2.34. The third kappa shape index (κ3) is 3.92. The summed E-state index contributed by atoms with van der Waals surface area (Å²) in [6.07, 6.45) is -4.38. The SMILES string of the molecule is CC(C)(CO)CN1CCn2c(cc(-c3cccc(C(F)(F)F)c3)c2Cl)C1. The number of aliphatic hydroxyl groups is 1. The molecule has 26 heavy (non-hydrogen) atoms. The van der Waals surface area contributed by atoms with E-state index in [-0.39, 0.29) is 12.0 Å². The Hall–Kier alpha value is -1.50. The summed E-state index contributed by atoms with van der Waals surface area (Å²) < 4.78 is 40.9. The minimum Gasteiger partial charge on any atom is -0.396 e. The van der Waals surface area contributed by atoms with Gasteiger partial charge in [-0.3, -0.25) is 4.90 Å². The highest BCUT2D eigenvalue weighted by molar-refractivity contribution is 6.32. The number of alkyl halides is 3. The van der Waals surface area contributed by atoms with Crippen molar-refractivity contribution in [2.75, 3.05) is 19.7 Å². The summed E-state index contributed by atoms with van der Waals surface area (Å²) in [7, 11) is 0. The smallest absolute Gasteiger partial charge is 0.396 e. The summed E-state index contributed by atoms with van der Waals surface area (Å²) in [5.74, 6) is 0. The topological polar surface area (TPSA) is 28.4 Å². The van der Waals surface area contributed by atoms with Crippen molar-refractivity contribution >= 4 is 11.6 Å². The molecule has 0 atom stereocenters. The van der Waals surface area contributed by atoms with Crippen LogP contribution in [-0.4, -0.2) is 34.3 Å². The quantitative estimate of drug-likeness (QED) is 0.827. The lowest BCUT2D eigenvalue weighted by molar-refractivity contribution is -0.137. The van der Waals surface area contributed by atoms with Gasteiger partial charge in [0, 0.05) is 49.5 Å². The van der Waals surface area contributed by atoms with Gasteiger partial charge in [0.15, 0.2) is 0 Å². The van der Waals surface area contributed by atoms with Crippen LogP contribution >= 0.6 is 11.6 Å². The Balaban J connectivity index is 1.89. The molecule has 3 rings (SSSR count). The van der Waals surface area contributed by atoms with Gasteiger partial charge < -0.3 is 9.67 Å². The summed E-state index contributed by atoms with van der Waals surface area (Å²) in [5.41, 5.74) is 1.18. The molecule has 0 fully saturated rings. The molecule has 0 saturated heterocycles. The van der Waals surface area contributed by atoms with E-state index in [9.17, 15) is 18.3 Å². The average Bonchev–Trinajstić information content (AvgIpc) is 2.90. The minimum absolute atomic E-state index is 0.0980. The van der Waals surface area contributed by atoms with Crippen LogP contribution in [0.1, 0.15) is 25.1 Å². The van der Waals surface area contributed by atoms with Crippen LogP contribution in [0.2, 0.25) is 5.15 Å². The average molecular weight is 387 g/mol. The fourth-order valence-corrected chi connectivity index (χ4v) is 3.71. The second-order valence-electron chi connectivity index (χ2n) is 7.60. The summed E-state index contributed by atoms with van der Waals surface area (Å²) in [6.45, 7) is 6.96. The van der Waals surface area contributed by atoms with Crippen molar-refractivity contribution in [3.8, 4) is 11.1 Å². The highest BCUT2D eigenvalue weighted by Gasteiger charge is 2.31. The number of halogens is 4. The van der Waals surface area contributed by atoms with Gasteiger partial charge >= 0.3 is 6.18 Å². The predicted octanol–water partition coefficient (Wildman–Crippen LogP) is 4.66. The first-order valence-electron chi connectivity index (χ1n) is 8.49. The van der Waals surface area contributed by atoms with Gasteiger partial charge in [-0.25, -0.2) is 0 Å². The molecule has 0 unspecified atom stereocenters. The third-order valence-corrected chi connectivity index (χ3v) is 5.13. The molecule has 0 bridgehead atoms. The van der Waals surface area contributed by atoms with Crippen LogP contribution in [0.15, 0.2) is 30.3 Å². The van der Waals surface area contributed by atoms with Gasteiger partial charge in [-0.15, -0.1) is 0 Å². The van der Waals surface area contributed by atoms with E-state index < -0.39 is 11.7 Å². The zero-order valence-electron chi connectivity index (χ0n) is 14.8. The van der Waals surface area contributed by atoms with Crippen LogP contribution in [-0.2, 0) is 19.3 Å². The number of aliphatic hydroxyl groups excluding tert-OH is 1. The highest BCUT2D eigenvalue weighted by atomic mass is 35.5. The number of aromatic nitrogens is 1. The number of hydrogen-bond donors (Lipinski definition) is 1. The lowest BCUT2D eigenvalue weighted by atomic mass is 9.94. The van der Waals surface area contributed by atoms with E-state index >= 15 is 0 Å². The van der Waals surface area contributed by atoms with Gasteiger partial charge in [-0.2, -0.15) is 13.2 Å². The van der Waals surface area contributed by atoms with E-state index in [0.717, 1.165) is 30.9 Å². The molecule has 142 valence electrons. The van der Waals surface area contributed by atoms with E-state index in [1.54, 1.807) is 6.07 Å². The van der Waals surface area contributed by atoms with Gasteiger partial charge in [0.05, 0.1) is 5.56 Å². The molecule has 2 heterocycles. The maximum atomic E-state index is 13.0. The first-order valence-corrected chi connectivity index (χ1v) is 8.87. The Labute approximate surface area is 156 Å². The summed E-state index contributed by atoms with van der Waals surface area (Å²) in [5, 5.41) is 9.94. The van der Waals surface area contributed by atoms with Gasteiger partial charge in [-0.05, 0) is 23.8 Å². The highest BCUT2D eigenvalue weighted by Crippen LogP contribution is 2.37. The second kappa shape index (κ2) is 6.91. The molecule has 0 radical (unpaired) electrons. The van der Waals surface area contributed by atoms with E-state index in [1.165, 1.54) is 6.07 Å². The second-order valence-corrected chi connectivity index (χ2v) is 7.96. The lowest BCUT2D eigenvalue weighted by Crippen LogP contribution is -2.40. The largest absolute Gasteiger partial charge is 0.416 e. The molecule has 1 aliphatic rings. The molecule has 1 aromatic heterocycles. The van der Waals surface area contributed by atoms with Crippen LogP contribution in [0.5, 0.6) is 0 Å². The van der Waals surface area contributed by atoms with E-state index in [0.29, 0.717) is 29.4 Å². The van der Waals surface area contributed by atoms with Crippen molar-refractivity contribution in [1.82, 2.24) is 9.47 Å². The zero-order chi connectivity index (χ0) is 19.1. The summed E-state index contributed by atoms with van der Waals surface area (Å²) in [6, 6.07) is 7.12. The number of hydrogen-bond acceptors (Lipinski definition) is 2. The monoisotopic (exact) mass is 386 g/mol. The van der Waals surface area contributed by atoms with Crippen molar-refractivity contribution < 1.29 is 18.3 Å². The molecule has 3 nitrogen and oxygen atoms in total. The molecular formula is C19H22ClF3N2O. The Kier molecular flexibility index (Phi) is 5.12. The van der Waals surface area contributed by atoms with E-state index in [1.807, 2.05) is 24.5 Å². The molecule has 0 saturated carbocycles. The number of rotatable bonds is 4. The number of nitrogens with zero attached hydrogens (tertiary/aromatic N) is 2. The zero-order valence-corrected chi connectivity index (χ0v) is 15.5. The molecule has 1 N–H and O–H groups in total. The molecule has 2 aromatic rings. The predicted molar refractivity (Wildman–Crippen MR) is 96.0 cm³/mol. The van der Waals surface area contributed by atoms with Crippen molar-refractivity contribution in [2.45, 2.75) is 33.1 Å². The van der Waals surface area contributed by atoms with Crippen LogP contribution in [0.3, 0.4) is 0 Å². The molecule has 0 spiro atoms. The van der Waals surface area contributed by atoms with E-state index in [2.05, 4.69) is 4.90 Å². The van der Waals surface area contributed by atoms with Crippen molar-refractivity contribution in [2.24, 2.45) is 5.41 Å². The maximum absolute atomic E-state index is 13.0. The Morgan fingerprint density at radius 2 is 1.88 bits per heavy atom. The molecule has 7 heteroatoms. The van der Waals surface area contributed by atoms with Crippen LogP contribution in [0, 0.1) is 5.41 Å². The molecule has 0 aliphatic carbocycles. The molecular weight excluding hydrogens is 365 g/mol. The standard InChI is InChI=1S/C19H22ClF3N2O/c1-18(2,12-26)11-24-6-7-25-15(10-24)9-16(17(25)20)13-4-3-5-14(8-13)19(21,22)23/h3-5,8-9,26H,6-7,10-12H2,1-2H3. The summed E-state index contributed by atoms with van der Waals surface area (Å²) in [4.78, 5) is 2.23. The molecule has 0 amide bonds. The number of fused-ring (bicyclic) bond motifs is 1. The molecule has 1 aromatic carbocycles. The van der Waals surface area contributed by atoms with Crippen LogP contribution in [0.4, 0.5) is 13.2 Å². The normalized spacial score (nSPS) is 16.0. The van der Waals surface area contributed by atoms with Gasteiger partial charge in [0.2, 0.25) is 0 Å². The Morgan fingerprint density at radius 3 is 2.54 bits per heavy atom. The van der Waals surface area contributed by atoms with Gasteiger partial charge in [0.25, 0.3) is 0 Å². The minimum atomic E-state index is -4.38. The van der Waals surface area contributed by atoms with Crippen LogP contribution in [0.25, 0.3) is 11.1 Å². The number of benzene rings is 1. The van der Waals surface area contributed by atoms with Crippen molar-refractivity contribution in [1.29, 1.82) is 0 Å². The Morgan fingerprint density at radius 1 is 1.15 bits per heavy atom. The van der Waals surface area contributed by atoms with Crippen molar-refractivity contribution in [3.05, 3.63) is 46.7 Å². The first-order chi connectivity index (χ1) is 12.1. The van der Waals surface area contributed by atoms with Gasteiger partial charge in [-0.1, -0.05) is 37.6 Å². The van der Waals surface area contributed by atoms with Crippen molar-refractivity contribution in [3.63, 3.8) is 0 Å². The Bertz CT molecular complexity index is 799. The van der Waals surface area contributed by atoms with E-state index in [4.69, 9.17) is 11.6 Å². The van der Waals surface area contributed by atoms with Crippen LogP contribution < -0.4 is 0 Å². The fourth-order valence-electron chi connectivity index (χ4n) is 3.35. The van der Waals surface area contributed by atoms with Gasteiger partial charge in [0.1, 0.15) is 5.15 Å².